The van der Waals surface area contributed by atoms with Gasteiger partial charge in [-0.2, -0.15) is 0 Å². The first-order valence-corrected chi connectivity index (χ1v) is 9.36. The van der Waals surface area contributed by atoms with Gasteiger partial charge in [0.05, 0.1) is 6.54 Å². The van der Waals surface area contributed by atoms with Crippen LogP contribution in [-0.4, -0.2) is 36.7 Å². The summed E-state index contributed by atoms with van der Waals surface area (Å²) < 4.78 is 0. The summed E-state index contributed by atoms with van der Waals surface area (Å²) in [7, 11) is 0. The fourth-order valence-corrected chi connectivity index (χ4v) is 3.79. The Hall–Kier alpha value is -2.59. The number of nitrogens with zero attached hydrogens (tertiary/aromatic N) is 1. The van der Waals surface area contributed by atoms with Gasteiger partial charge in [-0.3, -0.25) is 0 Å². The highest BCUT2D eigenvalue weighted by atomic mass is 16.2. The van der Waals surface area contributed by atoms with Crippen LogP contribution >= 0.6 is 0 Å². The zero-order valence-corrected chi connectivity index (χ0v) is 15.0. The number of benzene rings is 1. The van der Waals surface area contributed by atoms with Crippen molar-refractivity contribution < 1.29 is 9.59 Å². The second-order valence-corrected chi connectivity index (χ2v) is 7.12. The molecule has 1 saturated carbocycles. The minimum absolute atomic E-state index is 0.112. The van der Waals surface area contributed by atoms with E-state index in [9.17, 15) is 9.59 Å². The number of fused-ring (bicyclic) bond motifs is 1. The number of urea groups is 1. The van der Waals surface area contributed by atoms with E-state index in [1.54, 1.807) is 6.08 Å². The van der Waals surface area contributed by atoms with Crippen LogP contribution in [0.15, 0.2) is 35.5 Å². The molecule has 1 aromatic carbocycles. The number of H-pyrrole nitrogens is 1. The Bertz CT molecular complexity index is 779. The molecule has 2 amide bonds. The largest absolute Gasteiger partial charge is 0.361 e. The molecule has 1 aromatic heterocycles. The summed E-state index contributed by atoms with van der Waals surface area (Å²) in [5.74, 6) is 0.916. The van der Waals surface area contributed by atoms with E-state index in [0.29, 0.717) is 31.5 Å². The number of hydrogen-bond donors (Lipinski definition) is 3. The number of nitrogens with one attached hydrogen (secondary N) is 3. The maximum atomic E-state index is 12.0. The summed E-state index contributed by atoms with van der Waals surface area (Å²) in [6, 6.07) is 8.25. The monoisotopic (exact) mass is 354 g/mol. The van der Waals surface area contributed by atoms with Gasteiger partial charge in [0, 0.05) is 24.8 Å². The zero-order valence-electron chi connectivity index (χ0n) is 15.0. The molecule has 1 aliphatic carbocycles. The van der Waals surface area contributed by atoms with Crippen molar-refractivity contribution in [2.24, 2.45) is 16.8 Å². The van der Waals surface area contributed by atoms with Gasteiger partial charge in [-0.15, -0.1) is 0 Å². The lowest BCUT2D eigenvalue weighted by molar-refractivity contribution is 0.230. The fourth-order valence-electron chi connectivity index (χ4n) is 3.79. The molecule has 2 atom stereocenters. The quantitative estimate of drug-likeness (QED) is 0.527. The molecule has 0 radical (unpaired) electrons. The highest BCUT2D eigenvalue weighted by molar-refractivity contribution is 5.79. The molecule has 2 unspecified atom stereocenters. The predicted octanol–water partition coefficient (Wildman–Crippen LogP) is 3.15. The van der Waals surface area contributed by atoms with Crippen molar-refractivity contribution in [1.29, 1.82) is 0 Å². The molecule has 2 aromatic rings. The van der Waals surface area contributed by atoms with Crippen LogP contribution in [0, 0.1) is 11.8 Å². The fraction of sp³-hybridized carbons (Fsp3) is 0.500. The van der Waals surface area contributed by atoms with Gasteiger partial charge in [-0.25, -0.2) is 14.6 Å². The zero-order chi connectivity index (χ0) is 18.2. The molecular formula is C20H26N4O2. The summed E-state index contributed by atoms with van der Waals surface area (Å²) in [5.41, 5.74) is 2.32. The van der Waals surface area contributed by atoms with Crippen molar-refractivity contribution in [2.75, 3.05) is 19.6 Å². The highest BCUT2D eigenvalue weighted by Gasteiger charge is 2.22. The summed E-state index contributed by atoms with van der Waals surface area (Å²) in [5, 5.41) is 7.10. The summed E-state index contributed by atoms with van der Waals surface area (Å²) in [6.07, 6.45) is 8.73. The third kappa shape index (κ3) is 5.20. The van der Waals surface area contributed by atoms with Crippen molar-refractivity contribution in [3.63, 3.8) is 0 Å². The number of carbonyl (C=O) groups excluding carboxylic acids is 2. The first kappa shape index (κ1) is 18.2. The van der Waals surface area contributed by atoms with Gasteiger partial charge in [0.1, 0.15) is 0 Å². The van der Waals surface area contributed by atoms with E-state index in [4.69, 9.17) is 0 Å². The molecule has 0 aliphatic heterocycles. The number of amides is 2. The van der Waals surface area contributed by atoms with Crippen LogP contribution in [0.3, 0.4) is 0 Å². The van der Waals surface area contributed by atoms with Crippen molar-refractivity contribution in [1.82, 2.24) is 15.6 Å². The Labute approximate surface area is 153 Å². The van der Waals surface area contributed by atoms with Crippen LogP contribution in [0.2, 0.25) is 0 Å². The van der Waals surface area contributed by atoms with Crippen molar-refractivity contribution >= 4 is 23.0 Å². The van der Waals surface area contributed by atoms with Crippen LogP contribution in [0.5, 0.6) is 0 Å². The smallest absolute Gasteiger partial charge is 0.314 e. The number of isocyanates is 1. The molecule has 3 N–H and O–H groups in total. The first-order valence-electron chi connectivity index (χ1n) is 9.36. The lowest BCUT2D eigenvalue weighted by Gasteiger charge is -2.28. The molecule has 0 saturated heterocycles. The van der Waals surface area contributed by atoms with Gasteiger partial charge in [-0.1, -0.05) is 18.6 Å². The Morgan fingerprint density at radius 3 is 3.00 bits per heavy atom. The van der Waals surface area contributed by atoms with Gasteiger partial charge in [0.25, 0.3) is 0 Å². The predicted molar refractivity (Wildman–Crippen MR) is 102 cm³/mol. The highest BCUT2D eigenvalue weighted by Crippen LogP contribution is 2.28. The Morgan fingerprint density at radius 2 is 2.12 bits per heavy atom. The lowest BCUT2D eigenvalue weighted by Crippen LogP contribution is -2.40. The number of aromatic nitrogens is 1. The molecule has 1 heterocycles. The topological polar surface area (TPSA) is 86.3 Å². The minimum Gasteiger partial charge on any atom is -0.361 e. The Morgan fingerprint density at radius 1 is 1.23 bits per heavy atom. The second kappa shape index (κ2) is 9.20. The van der Waals surface area contributed by atoms with Crippen LogP contribution in [0.4, 0.5) is 4.79 Å². The molecule has 0 spiro atoms. The molecule has 1 aliphatic rings. The van der Waals surface area contributed by atoms with Crippen LogP contribution in [0.25, 0.3) is 10.9 Å². The van der Waals surface area contributed by atoms with E-state index in [2.05, 4.69) is 38.8 Å². The average molecular weight is 354 g/mol. The molecule has 1 fully saturated rings. The lowest BCUT2D eigenvalue weighted by atomic mass is 9.81. The molecule has 26 heavy (non-hydrogen) atoms. The van der Waals surface area contributed by atoms with E-state index < -0.39 is 0 Å². The van der Waals surface area contributed by atoms with Gasteiger partial charge in [-0.05, 0) is 60.6 Å². The molecule has 6 nitrogen and oxygen atoms in total. The van der Waals surface area contributed by atoms with Crippen molar-refractivity contribution in [3.05, 3.63) is 36.0 Å². The van der Waals surface area contributed by atoms with Crippen LogP contribution < -0.4 is 10.6 Å². The SMILES string of the molecule is O=C=NCC1CCCC(CNC(=O)NCCc2ccc3cc[nH]c3c2)C1. The minimum atomic E-state index is -0.112. The summed E-state index contributed by atoms with van der Waals surface area (Å²) in [4.78, 5) is 29.1. The molecule has 3 rings (SSSR count). The molecule has 6 heteroatoms. The maximum Gasteiger partial charge on any atom is 0.314 e. The van der Waals surface area contributed by atoms with E-state index in [1.807, 2.05) is 12.3 Å². The van der Waals surface area contributed by atoms with Gasteiger partial charge >= 0.3 is 6.03 Å². The summed E-state index contributed by atoms with van der Waals surface area (Å²) in [6.45, 7) is 1.86. The Kier molecular flexibility index (Phi) is 6.45. The molecular weight excluding hydrogens is 328 g/mol. The number of aliphatic imine (C=N–C) groups is 1. The third-order valence-corrected chi connectivity index (χ3v) is 5.18. The van der Waals surface area contributed by atoms with Crippen molar-refractivity contribution in [3.8, 4) is 0 Å². The Balaban J connectivity index is 1.35. The van der Waals surface area contributed by atoms with E-state index in [-0.39, 0.29) is 6.03 Å². The van der Waals surface area contributed by atoms with E-state index >= 15 is 0 Å². The van der Waals surface area contributed by atoms with Gasteiger partial charge < -0.3 is 15.6 Å². The van der Waals surface area contributed by atoms with E-state index in [1.165, 1.54) is 10.9 Å². The first-order chi connectivity index (χ1) is 12.7. The van der Waals surface area contributed by atoms with Crippen molar-refractivity contribution in [2.45, 2.75) is 32.1 Å². The molecule has 0 bridgehead atoms. The third-order valence-electron chi connectivity index (χ3n) is 5.18. The number of carbonyl (C=O) groups is 1. The van der Waals surface area contributed by atoms with Gasteiger partial charge in [0.2, 0.25) is 6.08 Å². The summed E-state index contributed by atoms with van der Waals surface area (Å²) >= 11 is 0. The normalized spacial score (nSPS) is 19.7. The van der Waals surface area contributed by atoms with Gasteiger partial charge in [0.15, 0.2) is 0 Å². The number of aromatic amines is 1. The maximum absolute atomic E-state index is 12.0. The second-order valence-electron chi connectivity index (χ2n) is 7.12. The number of rotatable bonds is 7. The average Bonchev–Trinajstić information content (AvgIpc) is 3.13. The van der Waals surface area contributed by atoms with Crippen LogP contribution in [0.1, 0.15) is 31.2 Å². The number of hydrogen-bond acceptors (Lipinski definition) is 3. The molecule has 138 valence electrons. The van der Waals surface area contributed by atoms with Crippen LogP contribution in [-0.2, 0) is 11.2 Å². The standard InChI is InChI=1S/C20H26N4O2/c25-14-21-12-16-2-1-3-17(10-16)13-24-20(26)23-8-6-15-4-5-18-7-9-22-19(18)11-15/h4-5,7,9,11,16-17,22H,1-3,6,8,10,12-13H2,(H2,23,24,26). The van der Waals surface area contributed by atoms with E-state index in [0.717, 1.165) is 37.6 Å².